The van der Waals surface area contributed by atoms with Crippen molar-refractivity contribution in [1.29, 1.82) is 0 Å². The highest BCUT2D eigenvalue weighted by molar-refractivity contribution is 7.92. The number of ether oxygens (including phenoxy) is 1. The first kappa shape index (κ1) is 18.4. The van der Waals surface area contributed by atoms with E-state index in [1.165, 1.54) is 0 Å². The topological polar surface area (TPSA) is 72.5 Å². The summed E-state index contributed by atoms with van der Waals surface area (Å²) < 4.78 is 29.9. The Morgan fingerprint density at radius 3 is 2.43 bits per heavy atom. The molecular formula is C15H29NO4S. The molecular weight excluding hydrogens is 290 g/mol. The largest absolute Gasteiger partial charge is 0.465 e. The van der Waals surface area contributed by atoms with Gasteiger partial charge in [-0.25, -0.2) is 8.42 Å². The lowest BCUT2D eigenvalue weighted by Gasteiger charge is -2.29. The van der Waals surface area contributed by atoms with Crippen LogP contribution in [0.5, 0.6) is 0 Å². The summed E-state index contributed by atoms with van der Waals surface area (Å²) in [6.07, 6.45) is 6.68. The molecule has 2 atom stereocenters. The molecule has 21 heavy (non-hydrogen) atoms. The smallest absolute Gasteiger partial charge is 0.321 e. The summed E-state index contributed by atoms with van der Waals surface area (Å²) in [4.78, 5) is 11.6. The number of nitrogens with one attached hydrogen (secondary N) is 1. The van der Waals surface area contributed by atoms with E-state index in [1.54, 1.807) is 6.92 Å². The zero-order valence-corrected chi connectivity index (χ0v) is 14.1. The summed E-state index contributed by atoms with van der Waals surface area (Å²) >= 11 is 0. The molecule has 2 unspecified atom stereocenters. The van der Waals surface area contributed by atoms with E-state index in [4.69, 9.17) is 4.74 Å². The predicted octanol–water partition coefficient (Wildman–Crippen LogP) is 2.06. The molecule has 1 rings (SSSR count). The van der Waals surface area contributed by atoms with E-state index in [1.807, 2.05) is 0 Å². The summed E-state index contributed by atoms with van der Waals surface area (Å²) in [5.74, 6) is -1.12. The van der Waals surface area contributed by atoms with Crippen LogP contribution in [0.3, 0.4) is 0 Å². The maximum Gasteiger partial charge on any atom is 0.321 e. The third kappa shape index (κ3) is 6.34. The molecule has 0 aromatic rings. The van der Waals surface area contributed by atoms with Crippen LogP contribution in [0.4, 0.5) is 0 Å². The minimum atomic E-state index is -3.46. The minimum absolute atomic E-state index is 0.0373. The molecule has 1 aliphatic rings. The van der Waals surface area contributed by atoms with Crippen molar-refractivity contribution in [3.8, 4) is 0 Å². The summed E-state index contributed by atoms with van der Waals surface area (Å²) in [5.41, 5.74) is 0. The monoisotopic (exact) mass is 319 g/mol. The third-order valence-electron chi connectivity index (χ3n) is 3.94. The van der Waals surface area contributed by atoms with E-state index in [9.17, 15) is 13.2 Å². The average molecular weight is 319 g/mol. The van der Waals surface area contributed by atoms with Crippen molar-refractivity contribution >= 4 is 15.8 Å². The molecule has 0 bridgehead atoms. The van der Waals surface area contributed by atoms with Gasteiger partial charge in [0.1, 0.15) is 5.75 Å². The van der Waals surface area contributed by atoms with Crippen molar-refractivity contribution < 1.29 is 17.9 Å². The number of rotatable bonds is 7. The van der Waals surface area contributed by atoms with Crippen LogP contribution in [0, 0.1) is 0 Å². The number of hydrogen-bond donors (Lipinski definition) is 1. The minimum Gasteiger partial charge on any atom is -0.465 e. The summed E-state index contributed by atoms with van der Waals surface area (Å²) in [5, 5.41) is 2.91. The van der Waals surface area contributed by atoms with Crippen molar-refractivity contribution in [3.05, 3.63) is 0 Å². The lowest BCUT2D eigenvalue weighted by molar-refractivity contribution is -0.139. The number of carbonyl (C=O) groups excluding carboxylic acids is 1. The zero-order valence-electron chi connectivity index (χ0n) is 13.3. The van der Waals surface area contributed by atoms with Gasteiger partial charge in [-0.1, -0.05) is 32.6 Å². The molecule has 1 N–H and O–H groups in total. The van der Waals surface area contributed by atoms with Gasteiger partial charge in [-0.3, -0.25) is 4.79 Å². The molecule has 0 amide bonds. The lowest BCUT2D eigenvalue weighted by atomic mass is 9.96. The number of carbonyl (C=O) groups is 1. The van der Waals surface area contributed by atoms with Gasteiger partial charge in [-0.05, 0) is 32.7 Å². The Bertz CT molecular complexity index is 406. The van der Waals surface area contributed by atoms with Crippen LogP contribution in [0.2, 0.25) is 0 Å². The molecule has 0 aromatic heterocycles. The summed E-state index contributed by atoms with van der Waals surface area (Å²) in [7, 11) is -3.46. The van der Waals surface area contributed by atoms with E-state index in [-0.39, 0.29) is 12.6 Å². The van der Waals surface area contributed by atoms with E-state index < -0.39 is 26.8 Å². The molecule has 0 aliphatic heterocycles. The molecule has 0 saturated heterocycles. The maximum absolute atomic E-state index is 12.6. The van der Waals surface area contributed by atoms with Crippen LogP contribution < -0.4 is 5.32 Å². The highest BCUT2D eigenvalue weighted by Crippen LogP contribution is 2.24. The van der Waals surface area contributed by atoms with Crippen LogP contribution in [0.1, 0.15) is 58.8 Å². The Morgan fingerprint density at radius 1 is 1.14 bits per heavy atom. The Morgan fingerprint density at radius 2 is 1.81 bits per heavy atom. The summed E-state index contributed by atoms with van der Waals surface area (Å²) in [6, 6.07) is -0.0373. The normalized spacial score (nSPS) is 24.1. The second kappa shape index (κ2) is 9.41. The molecule has 6 heteroatoms. The molecule has 1 aliphatic carbocycles. The average Bonchev–Trinajstić information content (AvgIpc) is 2.36. The SMILES string of the molecule is CCCNC1CCCCCCC1S(=O)(=O)CC(=O)OCC. The van der Waals surface area contributed by atoms with Crippen molar-refractivity contribution in [2.45, 2.75) is 70.1 Å². The van der Waals surface area contributed by atoms with Gasteiger partial charge in [-0.15, -0.1) is 0 Å². The van der Waals surface area contributed by atoms with E-state index in [0.717, 1.165) is 45.1 Å². The first-order valence-electron chi connectivity index (χ1n) is 8.11. The van der Waals surface area contributed by atoms with Gasteiger partial charge in [0.2, 0.25) is 0 Å². The van der Waals surface area contributed by atoms with E-state index in [2.05, 4.69) is 12.2 Å². The van der Waals surface area contributed by atoms with Gasteiger partial charge < -0.3 is 10.1 Å². The lowest BCUT2D eigenvalue weighted by Crippen LogP contribution is -2.46. The van der Waals surface area contributed by atoms with Crippen LogP contribution in [-0.2, 0) is 19.4 Å². The fourth-order valence-electron chi connectivity index (χ4n) is 2.92. The maximum atomic E-state index is 12.6. The molecule has 124 valence electrons. The second-order valence-corrected chi connectivity index (χ2v) is 7.92. The van der Waals surface area contributed by atoms with Crippen molar-refractivity contribution in [1.82, 2.24) is 5.32 Å². The molecule has 1 saturated carbocycles. The molecule has 0 spiro atoms. The van der Waals surface area contributed by atoms with E-state index >= 15 is 0 Å². The van der Waals surface area contributed by atoms with Gasteiger partial charge >= 0.3 is 5.97 Å². The standard InChI is InChI=1S/C15H29NO4S/c1-3-11-16-13-9-7-5-6-8-10-14(13)21(18,19)12-15(17)20-4-2/h13-14,16H,3-12H2,1-2H3. The van der Waals surface area contributed by atoms with Gasteiger partial charge in [0.15, 0.2) is 9.84 Å². The summed E-state index contributed by atoms with van der Waals surface area (Å²) in [6.45, 7) is 4.79. The van der Waals surface area contributed by atoms with Gasteiger partial charge in [0.05, 0.1) is 11.9 Å². The third-order valence-corrected chi connectivity index (χ3v) is 6.07. The Kier molecular flexibility index (Phi) is 8.26. The second-order valence-electron chi connectivity index (χ2n) is 5.70. The Labute approximate surface area is 128 Å². The fourth-order valence-corrected chi connectivity index (χ4v) is 4.80. The van der Waals surface area contributed by atoms with Gasteiger partial charge in [-0.2, -0.15) is 0 Å². The molecule has 0 radical (unpaired) electrons. The molecule has 5 nitrogen and oxygen atoms in total. The number of esters is 1. The molecule has 0 aromatic carbocycles. The van der Waals surface area contributed by atoms with Crippen LogP contribution in [0.25, 0.3) is 0 Å². The quantitative estimate of drug-likeness (QED) is 0.727. The van der Waals surface area contributed by atoms with Gasteiger partial charge in [0, 0.05) is 6.04 Å². The van der Waals surface area contributed by atoms with Crippen LogP contribution >= 0.6 is 0 Å². The van der Waals surface area contributed by atoms with Crippen molar-refractivity contribution in [3.63, 3.8) is 0 Å². The molecule has 0 heterocycles. The zero-order chi connectivity index (χ0) is 15.7. The fraction of sp³-hybridized carbons (Fsp3) is 0.933. The van der Waals surface area contributed by atoms with Gasteiger partial charge in [0.25, 0.3) is 0 Å². The first-order valence-corrected chi connectivity index (χ1v) is 9.83. The predicted molar refractivity (Wildman–Crippen MR) is 84.0 cm³/mol. The van der Waals surface area contributed by atoms with Crippen LogP contribution in [0.15, 0.2) is 0 Å². The highest BCUT2D eigenvalue weighted by Gasteiger charge is 2.35. The number of sulfone groups is 1. The molecule has 1 fully saturated rings. The van der Waals surface area contributed by atoms with E-state index in [0.29, 0.717) is 6.42 Å². The Balaban J connectivity index is 2.80. The van der Waals surface area contributed by atoms with Crippen molar-refractivity contribution in [2.24, 2.45) is 0 Å². The highest BCUT2D eigenvalue weighted by atomic mass is 32.2. The van der Waals surface area contributed by atoms with Crippen molar-refractivity contribution in [2.75, 3.05) is 18.9 Å². The number of hydrogen-bond acceptors (Lipinski definition) is 5. The first-order chi connectivity index (χ1) is 10.0. The Hall–Kier alpha value is -0.620. The van der Waals surface area contributed by atoms with Crippen LogP contribution in [-0.4, -0.2) is 44.6 Å².